The lowest BCUT2D eigenvalue weighted by Gasteiger charge is -2.51. The summed E-state index contributed by atoms with van der Waals surface area (Å²) < 4.78 is 0. The van der Waals surface area contributed by atoms with Crippen LogP contribution in [0.5, 0.6) is 0 Å². The summed E-state index contributed by atoms with van der Waals surface area (Å²) in [6, 6.07) is -0.992. The molecule has 0 aromatic rings. The lowest BCUT2D eigenvalue weighted by molar-refractivity contribution is -0.529. The van der Waals surface area contributed by atoms with Gasteiger partial charge in [-0.15, -0.1) is 0 Å². The highest BCUT2D eigenvalue weighted by molar-refractivity contribution is 6.16. The van der Waals surface area contributed by atoms with Crippen LogP contribution >= 0.6 is 0 Å². The molecule has 0 bridgehead atoms. The topological polar surface area (TPSA) is 306 Å². The van der Waals surface area contributed by atoms with Gasteiger partial charge in [0.05, 0.1) is 6.07 Å². The number of nitrogens with one attached hydrogen (secondary N) is 1. The molecule has 14 N–H and O–H groups in total. The number of hydrogen-bond donors (Lipinski definition) is 14. The molecular weight excluding hydrogens is 420 g/mol. The molecule has 0 saturated heterocycles. The Labute approximate surface area is 167 Å². The summed E-state index contributed by atoms with van der Waals surface area (Å²) in [6.45, 7) is 0. The van der Waals surface area contributed by atoms with Crippen LogP contribution in [0.1, 0.15) is 0 Å². The number of fused-ring (bicyclic) bond motifs is 1. The number of aliphatic imine (C=N–C) groups is 2. The van der Waals surface area contributed by atoms with E-state index in [1.54, 1.807) is 0 Å². The summed E-state index contributed by atoms with van der Waals surface area (Å²) in [7, 11) is 1.57. The Hall–Kier alpha value is -1.91. The van der Waals surface area contributed by atoms with Crippen LogP contribution in [0.25, 0.3) is 0 Å². The Bertz CT molecular complexity index is 783. The van der Waals surface area contributed by atoms with Crippen molar-refractivity contribution in [3.8, 4) is 0 Å². The van der Waals surface area contributed by atoms with E-state index in [1.165, 1.54) is 7.85 Å². The summed E-state index contributed by atoms with van der Waals surface area (Å²) in [5.74, 6) is -21.7. The third kappa shape index (κ3) is 3.76. The normalized spacial score (nSPS) is 21.5. The van der Waals surface area contributed by atoms with Crippen LogP contribution in [-0.4, -0.2) is 139 Å². The second-order valence-electron chi connectivity index (χ2n) is 6.60. The second kappa shape index (κ2) is 6.80. The minimum Gasteiger partial charge on any atom is -0.503 e. The highest BCUT2D eigenvalue weighted by Crippen LogP contribution is 2.38. The Morgan fingerprint density at radius 3 is 1.80 bits per heavy atom. The third-order valence-corrected chi connectivity index (χ3v) is 3.92. The molecule has 0 aliphatic carbocycles. The molecule has 0 aromatic carbocycles. The lowest BCUT2D eigenvalue weighted by atomic mass is 9.89. The molecule has 2 heterocycles. The average Bonchev–Trinajstić information content (AvgIpc) is 2.86. The molecule has 0 spiro atoms. The van der Waals surface area contributed by atoms with Crippen LogP contribution in [0.15, 0.2) is 21.6 Å². The maximum atomic E-state index is 10.4. The largest absolute Gasteiger partial charge is 0.503 e. The molecule has 0 aromatic heterocycles. The maximum Gasteiger partial charge on any atom is 0.355 e. The second-order valence-corrected chi connectivity index (χ2v) is 6.60. The van der Waals surface area contributed by atoms with Crippen LogP contribution in [0.2, 0.25) is 0 Å². The average molecular weight is 439 g/mol. The number of hydrogen-bond acceptors (Lipinski definition) is 18. The van der Waals surface area contributed by atoms with Gasteiger partial charge >= 0.3 is 17.9 Å². The van der Waals surface area contributed by atoms with Crippen LogP contribution in [0.4, 0.5) is 0 Å². The summed E-state index contributed by atoms with van der Waals surface area (Å²) in [5.41, 5.74) is -3.01. The van der Waals surface area contributed by atoms with E-state index in [0.29, 0.717) is 5.01 Å². The Morgan fingerprint density at radius 2 is 1.40 bits per heavy atom. The minimum atomic E-state index is -4.70. The zero-order valence-corrected chi connectivity index (χ0v) is 15.2. The van der Waals surface area contributed by atoms with Crippen molar-refractivity contribution in [2.45, 2.75) is 35.5 Å². The molecule has 2 aliphatic heterocycles. The molecule has 0 saturated carbocycles. The highest BCUT2D eigenvalue weighted by Gasteiger charge is 2.66. The first-order valence-electron chi connectivity index (χ1n) is 7.79. The number of nitrogens with zero attached hydrogens (tertiary/aromatic N) is 4. The van der Waals surface area contributed by atoms with Crippen LogP contribution in [-0.2, 0) is 0 Å². The molecule has 2 aliphatic rings. The van der Waals surface area contributed by atoms with Crippen molar-refractivity contribution in [2.75, 3.05) is 0 Å². The molecule has 168 valence electrons. The monoisotopic (exact) mass is 439 g/mol. The number of hydrazine groups is 1. The predicted molar refractivity (Wildman–Crippen MR) is 92.5 cm³/mol. The number of guanidine groups is 1. The van der Waals surface area contributed by atoms with E-state index >= 15 is 0 Å². The molecule has 30 heavy (non-hydrogen) atoms. The van der Waals surface area contributed by atoms with Gasteiger partial charge in [-0.3, -0.25) is 0 Å². The Morgan fingerprint density at radius 1 is 0.900 bits per heavy atom. The van der Waals surface area contributed by atoms with Gasteiger partial charge < -0.3 is 66.4 Å². The molecule has 18 nitrogen and oxygen atoms in total. The van der Waals surface area contributed by atoms with Gasteiger partial charge in [-0.1, -0.05) is 0 Å². The van der Waals surface area contributed by atoms with Crippen molar-refractivity contribution in [3.63, 3.8) is 0 Å². The van der Waals surface area contributed by atoms with E-state index < -0.39 is 63.7 Å². The summed E-state index contributed by atoms with van der Waals surface area (Å²) >= 11 is 0. The smallest absolute Gasteiger partial charge is 0.355 e. The molecule has 2 rings (SSSR count). The van der Waals surface area contributed by atoms with Crippen LogP contribution < -0.4 is 5.43 Å². The quantitative estimate of drug-likeness (QED) is 0.135. The first-order chi connectivity index (χ1) is 13.1. The van der Waals surface area contributed by atoms with Crippen molar-refractivity contribution < 1.29 is 66.4 Å². The zero-order chi connectivity index (χ0) is 23.7. The van der Waals surface area contributed by atoms with Gasteiger partial charge in [0.25, 0.3) is 5.91 Å². The van der Waals surface area contributed by atoms with E-state index in [9.17, 15) is 66.4 Å². The molecule has 0 amide bonds. The third-order valence-electron chi connectivity index (χ3n) is 3.92. The minimum absolute atomic E-state index is 0.253. The molecule has 1 unspecified atom stereocenters. The first-order valence-corrected chi connectivity index (χ1v) is 7.79. The molecular formula is C10H19B2N5O13. The van der Waals surface area contributed by atoms with E-state index in [-0.39, 0.29) is 7.85 Å². The number of aliphatic hydroxyl groups excluding tert-OH is 1. The standard InChI is InChI=1S/C10H19B2N5O13/c11-4-14-5-13-2(6(19,20)21)1(18)3(16(5)15-4)17(8(24,25)7(12,22)23)9(26,27)10(28,29)30/h4,15,18-30H,11-12H2. The van der Waals surface area contributed by atoms with Crippen molar-refractivity contribution >= 4 is 27.4 Å². The van der Waals surface area contributed by atoms with Crippen molar-refractivity contribution in [3.05, 3.63) is 11.6 Å². The molecule has 20 heteroatoms. The fourth-order valence-electron chi connectivity index (χ4n) is 2.42. The fraction of sp³-hybridized carbons (Fsp3) is 0.600. The van der Waals surface area contributed by atoms with Gasteiger partial charge in [0, 0.05) is 0 Å². The van der Waals surface area contributed by atoms with E-state index in [0.717, 1.165) is 0 Å². The van der Waals surface area contributed by atoms with Gasteiger partial charge in [0.2, 0.25) is 5.96 Å². The SMILES string of the molecule is BC1N=C2N=C(C(O)(O)O)C(O)=C(N(C(O)(O)C(B)(O)O)C(O)(O)C(O)(O)O)N2N1. The zero-order valence-electron chi connectivity index (χ0n) is 15.2. The molecule has 1 atom stereocenters. The predicted octanol–water partition coefficient (Wildman–Crippen LogP) is -10.6. The van der Waals surface area contributed by atoms with Gasteiger partial charge in [0.1, 0.15) is 0 Å². The summed E-state index contributed by atoms with van der Waals surface area (Å²) in [4.78, 5) is 6.14. The fourth-order valence-corrected chi connectivity index (χ4v) is 2.42. The summed E-state index contributed by atoms with van der Waals surface area (Å²) in [5, 5.41) is 127. The van der Waals surface area contributed by atoms with Crippen LogP contribution in [0, 0.1) is 0 Å². The lowest BCUT2D eigenvalue weighted by Crippen LogP contribution is -2.78. The number of rotatable bonds is 6. The first kappa shape index (κ1) is 24.4. The van der Waals surface area contributed by atoms with Gasteiger partial charge in [-0.05, 0) is 0 Å². The van der Waals surface area contributed by atoms with Crippen molar-refractivity contribution in [1.82, 2.24) is 15.3 Å². The summed E-state index contributed by atoms with van der Waals surface area (Å²) in [6.07, 6.45) is 0. The van der Waals surface area contributed by atoms with E-state index in [1.807, 2.05) is 0 Å². The highest BCUT2D eigenvalue weighted by atomic mass is 16.7. The molecule has 0 radical (unpaired) electrons. The van der Waals surface area contributed by atoms with Gasteiger partial charge in [-0.2, -0.15) is 0 Å². The van der Waals surface area contributed by atoms with Crippen LogP contribution in [0.3, 0.4) is 0 Å². The van der Waals surface area contributed by atoms with Gasteiger partial charge in [-0.25, -0.2) is 25.3 Å². The van der Waals surface area contributed by atoms with Crippen molar-refractivity contribution in [1.29, 1.82) is 0 Å². The van der Waals surface area contributed by atoms with E-state index in [2.05, 4.69) is 15.4 Å². The number of aliphatic hydroxyl groups is 13. The van der Waals surface area contributed by atoms with Crippen molar-refractivity contribution in [2.24, 2.45) is 9.98 Å². The Balaban J connectivity index is 2.91. The Kier molecular flexibility index (Phi) is 5.52. The molecule has 0 fully saturated rings. The maximum absolute atomic E-state index is 10.4. The van der Waals surface area contributed by atoms with E-state index in [4.69, 9.17) is 0 Å². The van der Waals surface area contributed by atoms with Gasteiger partial charge in [0.15, 0.2) is 38.7 Å².